The minimum absolute atomic E-state index is 0.209. The predicted octanol–water partition coefficient (Wildman–Crippen LogP) is 2.61. The molecule has 1 saturated heterocycles. The lowest BCUT2D eigenvalue weighted by molar-refractivity contribution is -0.139. The molecule has 4 amide bonds. The average Bonchev–Trinajstić information content (AvgIpc) is 3.01. The van der Waals surface area contributed by atoms with Crippen LogP contribution in [0, 0.1) is 11.6 Å². The standard InChI is InChI=1S/C22H22F2N4O3/c1-2-22(15-8-4-3-5-9-15)20(30)28(21(31)25-22)26-19(29)13-27-10-6-7-14-11-16(23)17(24)12-18(14)27/h3-5,8-9,11-12H,2,6-7,10,13H2,1H3,(H,25,31)(H,26,29). The number of fused-ring (bicyclic) bond motifs is 1. The number of hydrazine groups is 1. The summed E-state index contributed by atoms with van der Waals surface area (Å²) in [5.41, 5.74) is 2.77. The summed E-state index contributed by atoms with van der Waals surface area (Å²) in [5.74, 6) is -3.11. The first-order chi connectivity index (χ1) is 14.9. The van der Waals surface area contributed by atoms with Crippen LogP contribution < -0.4 is 15.6 Å². The summed E-state index contributed by atoms with van der Waals surface area (Å²) in [6.45, 7) is 2.03. The lowest BCUT2D eigenvalue weighted by atomic mass is 9.87. The van der Waals surface area contributed by atoms with Gasteiger partial charge in [0, 0.05) is 18.3 Å². The van der Waals surface area contributed by atoms with E-state index in [0.29, 0.717) is 47.6 Å². The molecule has 162 valence electrons. The third kappa shape index (κ3) is 3.60. The van der Waals surface area contributed by atoms with Crippen LogP contribution in [-0.2, 0) is 21.5 Å². The number of urea groups is 1. The van der Waals surface area contributed by atoms with Crippen molar-refractivity contribution in [2.45, 2.75) is 31.7 Å². The Morgan fingerprint density at radius 1 is 1.16 bits per heavy atom. The molecule has 4 rings (SSSR count). The third-order valence-electron chi connectivity index (χ3n) is 5.80. The number of rotatable bonds is 5. The molecular weight excluding hydrogens is 406 g/mol. The van der Waals surface area contributed by atoms with Crippen molar-refractivity contribution < 1.29 is 23.2 Å². The molecule has 9 heteroatoms. The maximum absolute atomic E-state index is 13.7. The van der Waals surface area contributed by atoms with E-state index < -0.39 is 35.0 Å². The van der Waals surface area contributed by atoms with Gasteiger partial charge < -0.3 is 10.2 Å². The molecule has 1 unspecified atom stereocenters. The topological polar surface area (TPSA) is 81.8 Å². The Hall–Kier alpha value is -3.49. The van der Waals surface area contributed by atoms with E-state index in [1.54, 1.807) is 42.2 Å². The normalized spacial score (nSPS) is 20.5. The number of halogens is 2. The number of amides is 4. The van der Waals surface area contributed by atoms with Gasteiger partial charge in [-0.2, -0.15) is 5.01 Å². The molecule has 2 aliphatic heterocycles. The molecule has 2 aromatic carbocycles. The van der Waals surface area contributed by atoms with E-state index in [9.17, 15) is 23.2 Å². The van der Waals surface area contributed by atoms with Crippen molar-refractivity contribution in [3.05, 3.63) is 65.2 Å². The van der Waals surface area contributed by atoms with E-state index >= 15 is 0 Å². The van der Waals surface area contributed by atoms with E-state index in [0.717, 1.165) is 12.1 Å². The minimum atomic E-state index is -1.26. The van der Waals surface area contributed by atoms with Gasteiger partial charge in [-0.1, -0.05) is 37.3 Å². The second kappa shape index (κ2) is 7.98. The molecule has 2 N–H and O–H groups in total. The number of aryl methyl sites for hydroxylation is 1. The van der Waals surface area contributed by atoms with Crippen molar-refractivity contribution in [3.8, 4) is 0 Å². The van der Waals surface area contributed by atoms with Crippen LogP contribution in [0.2, 0.25) is 0 Å². The van der Waals surface area contributed by atoms with Crippen LogP contribution in [0.15, 0.2) is 42.5 Å². The molecule has 2 heterocycles. The maximum Gasteiger partial charge on any atom is 0.344 e. The van der Waals surface area contributed by atoms with Crippen LogP contribution in [0.1, 0.15) is 30.9 Å². The van der Waals surface area contributed by atoms with Gasteiger partial charge in [-0.15, -0.1) is 0 Å². The van der Waals surface area contributed by atoms with Crippen molar-refractivity contribution in [1.82, 2.24) is 15.8 Å². The van der Waals surface area contributed by atoms with Gasteiger partial charge in [0.2, 0.25) is 0 Å². The van der Waals surface area contributed by atoms with Crippen LogP contribution in [0.4, 0.5) is 19.3 Å². The summed E-state index contributed by atoms with van der Waals surface area (Å²) >= 11 is 0. The Morgan fingerprint density at radius 3 is 2.58 bits per heavy atom. The molecule has 0 saturated carbocycles. The van der Waals surface area contributed by atoms with Crippen molar-refractivity contribution in [3.63, 3.8) is 0 Å². The van der Waals surface area contributed by atoms with Gasteiger partial charge in [0.05, 0.1) is 6.54 Å². The highest BCUT2D eigenvalue weighted by Crippen LogP contribution is 2.32. The van der Waals surface area contributed by atoms with Gasteiger partial charge >= 0.3 is 6.03 Å². The highest BCUT2D eigenvalue weighted by atomic mass is 19.2. The summed E-state index contributed by atoms with van der Waals surface area (Å²) in [7, 11) is 0. The number of hydrogen-bond acceptors (Lipinski definition) is 4. The zero-order valence-electron chi connectivity index (χ0n) is 17.0. The largest absolute Gasteiger partial charge is 0.362 e. The van der Waals surface area contributed by atoms with Gasteiger partial charge in [0.25, 0.3) is 11.8 Å². The fourth-order valence-electron chi connectivity index (χ4n) is 4.19. The smallest absolute Gasteiger partial charge is 0.344 e. The maximum atomic E-state index is 13.7. The highest BCUT2D eigenvalue weighted by Gasteiger charge is 2.52. The van der Waals surface area contributed by atoms with E-state index in [1.165, 1.54) is 0 Å². The van der Waals surface area contributed by atoms with Crippen LogP contribution in [0.3, 0.4) is 0 Å². The molecule has 0 radical (unpaired) electrons. The van der Waals surface area contributed by atoms with Gasteiger partial charge in [0.15, 0.2) is 11.6 Å². The molecule has 0 bridgehead atoms. The molecule has 31 heavy (non-hydrogen) atoms. The number of imide groups is 1. The van der Waals surface area contributed by atoms with Crippen molar-refractivity contribution >= 4 is 23.5 Å². The van der Waals surface area contributed by atoms with Crippen molar-refractivity contribution in [2.75, 3.05) is 18.0 Å². The summed E-state index contributed by atoms with van der Waals surface area (Å²) in [4.78, 5) is 39.9. The third-order valence-corrected chi connectivity index (χ3v) is 5.80. The molecule has 7 nitrogen and oxygen atoms in total. The molecule has 2 aromatic rings. The molecule has 0 aromatic heterocycles. The molecule has 1 fully saturated rings. The second-order valence-electron chi connectivity index (χ2n) is 7.65. The zero-order valence-corrected chi connectivity index (χ0v) is 17.0. The molecule has 2 aliphatic rings. The fraction of sp³-hybridized carbons (Fsp3) is 0.318. The van der Waals surface area contributed by atoms with E-state index in [4.69, 9.17) is 0 Å². The lowest BCUT2D eigenvalue weighted by Gasteiger charge is -2.31. The van der Waals surface area contributed by atoms with Crippen molar-refractivity contribution in [2.24, 2.45) is 0 Å². The quantitative estimate of drug-likeness (QED) is 0.718. The number of nitrogens with one attached hydrogen (secondary N) is 2. The number of anilines is 1. The van der Waals surface area contributed by atoms with E-state index in [2.05, 4.69) is 10.7 Å². The van der Waals surface area contributed by atoms with E-state index in [1.807, 2.05) is 0 Å². The minimum Gasteiger partial charge on any atom is -0.362 e. The number of nitrogens with zero attached hydrogens (tertiary/aromatic N) is 2. The van der Waals surface area contributed by atoms with Gasteiger partial charge in [-0.3, -0.25) is 15.0 Å². The summed E-state index contributed by atoms with van der Waals surface area (Å²) < 4.78 is 27.3. The molecule has 0 aliphatic carbocycles. The Balaban J connectivity index is 1.51. The summed E-state index contributed by atoms with van der Waals surface area (Å²) in [6, 6.07) is 10.3. The Labute approximate surface area is 178 Å². The number of benzene rings is 2. The summed E-state index contributed by atoms with van der Waals surface area (Å²) in [5, 5.41) is 3.38. The number of carbonyl (C=O) groups excluding carboxylic acids is 3. The second-order valence-corrected chi connectivity index (χ2v) is 7.65. The Kier molecular flexibility index (Phi) is 5.34. The fourth-order valence-corrected chi connectivity index (χ4v) is 4.19. The Bertz CT molecular complexity index is 1050. The van der Waals surface area contributed by atoms with Gasteiger partial charge in [-0.05, 0) is 36.5 Å². The molecule has 1 atom stereocenters. The number of carbonyl (C=O) groups is 3. The average molecular weight is 428 g/mol. The molecular formula is C22H22F2N4O3. The van der Waals surface area contributed by atoms with Crippen molar-refractivity contribution in [1.29, 1.82) is 0 Å². The lowest BCUT2D eigenvalue weighted by Crippen LogP contribution is -2.51. The first-order valence-electron chi connectivity index (χ1n) is 10.1. The van der Waals surface area contributed by atoms with E-state index in [-0.39, 0.29) is 6.54 Å². The predicted molar refractivity (Wildman–Crippen MR) is 109 cm³/mol. The first-order valence-corrected chi connectivity index (χ1v) is 10.1. The van der Waals surface area contributed by atoms with Crippen LogP contribution >= 0.6 is 0 Å². The highest BCUT2D eigenvalue weighted by molar-refractivity contribution is 6.08. The van der Waals surface area contributed by atoms with Crippen LogP contribution in [0.25, 0.3) is 0 Å². The SMILES string of the molecule is CCC1(c2ccccc2)NC(=O)N(NC(=O)CN2CCCc3cc(F)c(F)cc32)C1=O. The van der Waals surface area contributed by atoms with Crippen LogP contribution in [-0.4, -0.2) is 35.9 Å². The molecule has 0 spiro atoms. The zero-order chi connectivity index (χ0) is 22.2. The van der Waals surface area contributed by atoms with Gasteiger partial charge in [-0.25, -0.2) is 13.6 Å². The number of hydrogen-bond donors (Lipinski definition) is 2. The van der Waals surface area contributed by atoms with Crippen LogP contribution in [0.5, 0.6) is 0 Å². The first kappa shape index (κ1) is 20.8. The van der Waals surface area contributed by atoms with Gasteiger partial charge in [0.1, 0.15) is 5.54 Å². The Morgan fingerprint density at radius 2 is 1.87 bits per heavy atom. The monoisotopic (exact) mass is 428 g/mol. The summed E-state index contributed by atoms with van der Waals surface area (Å²) in [6.07, 6.45) is 1.55.